The fourth-order valence-electron chi connectivity index (χ4n) is 1.67. The Balaban J connectivity index is 1.92. The molecule has 2 rings (SSSR count). The van der Waals surface area contributed by atoms with Crippen LogP contribution in [-0.2, 0) is 6.54 Å². The average molecular weight is 261 g/mol. The summed E-state index contributed by atoms with van der Waals surface area (Å²) in [5.41, 5.74) is 1.41. The fourth-order valence-corrected chi connectivity index (χ4v) is 2.43. The topological polar surface area (TPSA) is 49.3 Å². The third-order valence-electron chi connectivity index (χ3n) is 2.78. The lowest BCUT2D eigenvalue weighted by Gasteiger charge is -2.12. The van der Waals surface area contributed by atoms with Crippen molar-refractivity contribution in [1.29, 1.82) is 0 Å². The summed E-state index contributed by atoms with van der Waals surface area (Å²) in [6.45, 7) is 2.86. The van der Waals surface area contributed by atoms with Crippen LogP contribution in [0.1, 0.15) is 33.8 Å². The molecule has 0 fully saturated rings. The van der Waals surface area contributed by atoms with Gasteiger partial charge in [-0.3, -0.25) is 0 Å². The zero-order valence-corrected chi connectivity index (χ0v) is 10.9. The zero-order valence-electron chi connectivity index (χ0n) is 10.1. The number of aromatic carboxylic acids is 1. The van der Waals surface area contributed by atoms with Gasteiger partial charge in [-0.2, -0.15) is 0 Å². The molecule has 1 heterocycles. The molecule has 2 N–H and O–H groups in total. The van der Waals surface area contributed by atoms with Crippen LogP contribution in [0.25, 0.3) is 0 Å². The van der Waals surface area contributed by atoms with Gasteiger partial charge in [0, 0.05) is 17.5 Å². The van der Waals surface area contributed by atoms with E-state index in [4.69, 9.17) is 5.11 Å². The number of nitrogens with one attached hydrogen (secondary N) is 1. The standard InChI is InChI=1S/C14H15NO2S/c1-10(13-3-2-8-18-13)15-9-11-4-6-12(7-5-11)14(16)17/h2-8,10,15H,9H2,1H3,(H,16,17)/t10-/m0/s1. The van der Waals surface area contributed by atoms with E-state index in [0.29, 0.717) is 11.6 Å². The highest BCUT2D eigenvalue weighted by atomic mass is 32.1. The van der Waals surface area contributed by atoms with E-state index < -0.39 is 5.97 Å². The summed E-state index contributed by atoms with van der Waals surface area (Å²) < 4.78 is 0. The Hall–Kier alpha value is -1.65. The lowest BCUT2D eigenvalue weighted by atomic mass is 10.1. The van der Waals surface area contributed by atoms with Crippen LogP contribution < -0.4 is 5.32 Å². The van der Waals surface area contributed by atoms with Crippen molar-refractivity contribution in [2.75, 3.05) is 0 Å². The van der Waals surface area contributed by atoms with Crippen LogP contribution in [-0.4, -0.2) is 11.1 Å². The minimum atomic E-state index is -0.888. The fraction of sp³-hybridized carbons (Fsp3) is 0.214. The van der Waals surface area contributed by atoms with E-state index in [9.17, 15) is 4.79 Å². The van der Waals surface area contributed by atoms with E-state index in [1.54, 1.807) is 23.5 Å². The second-order valence-electron chi connectivity index (χ2n) is 4.12. The predicted molar refractivity (Wildman–Crippen MR) is 73.0 cm³/mol. The number of carboxylic acids is 1. The van der Waals surface area contributed by atoms with Gasteiger partial charge < -0.3 is 10.4 Å². The number of rotatable bonds is 5. The lowest BCUT2D eigenvalue weighted by molar-refractivity contribution is 0.0697. The molecule has 2 aromatic rings. The predicted octanol–water partition coefficient (Wildman–Crippen LogP) is 3.30. The third-order valence-corrected chi connectivity index (χ3v) is 3.84. The van der Waals surface area contributed by atoms with Gasteiger partial charge in [-0.15, -0.1) is 11.3 Å². The van der Waals surface area contributed by atoms with E-state index in [2.05, 4.69) is 23.7 Å². The van der Waals surface area contributed by atoms with E-state index in [1.807, 2.05) is 18.2 Å². The van der Waals surface area contributed by atoms with Crippen molar-refractivity contribution < 1.29 is 9.90 Å². The van der Waals surface area contributed by atoms with Crippen LogP contribution in [0.3, 0.4) is 0 Å². The van der Waals surface area contributed by atoms with Gasteiger partial charge in [-0.25, -0.2) is 4.79 Å². The van der Waals surface area contributed by atoms with Gasteiger partial charge in [0.2, 0.25) is 0 Å². The Kier molecular flexibility index (Phi) is 4.12. The van der Waals surface area contributed by atoms with Crippen LogP contribution >= 0.6 is 11.3 Å². The van der Waals surface area contributed by atoms with Gasteiger partial charge in [0.05, 0.1) is 5.56 Å². The number of carbonyl (C=O) groups is 1. The zero-order chi connectivity index (χ0) is 13.0. The first-order valence-electron chi connectivity index (χ1n) is 5.76. The number of hydrogen-bond donors (Lipinski definition) is 2. The van der Waals surface area contributed by atoms with Crippen LogP contribution in [0.15, 0.2) is 41.8 Å². The van der Waals surface area contributed by atoms with Crippen molar-refractivity contribution in [1.82, 2.24) is 5.32 Å². The molecule has 0 saturated carbocycles. The summed E-state index contributed by atoms with van der Waals surface area (Å²) in [6, 6.07) is 11.4. The molecule has 1 atom stereocenters. The van der Waals surface area contributed by atoms with Crippen molar-refractivity contribution in [2.24, 2.45) is 0 Å². The van der Waals surface area contributed by atoms with Gasteiger partial charge >= 0.3 is 5.97 Å². The van der Waals surface area contributed by atoms with E-state index >= 15 is 0 Å². The first kappa shape index (κ1) is 12.8. The highest BCUT2D eigenvalue weighted by Crippen LogP contribution is 2.18. The van der Waals surface area contributed by atoms with Crippen molar-refractivity contribution >= 4 is 17.3 Å². The van der Waals surface area contributed by atoms with Crippen molar-refractivity contribution in [2.45, 2.75) is 19.5 Å². The first-order valence-corrected chi connectivity index (χ1v) is 6.64. The minimum absolute atomic E-state index is 0.309. The molecule has 0 aliphatic carbocycles. The molecule has 0 aliphatic rings. The smallest absolute Gasteiger partial charge is 0.335 e. The maximum absolute atomic E-state index is 10.7. The summed E-state index contributed by atoms with van der Waals surface area (Å²) in [5.74, 6) is -0.888. The van der Waals surface area contributed by atoms with Gasteiger partial charge in [-0.05, 0) is 36.1 Å². The van der Waals surface area contributed by atoms with Gasteiger partial charge in [0.25, 0.3) is 0 Å². The first-order chi connectivity index (χ1) is 8.66. The molecule has 94 valence electrons. The average Bonchev–Trinajstić information content (AvgIpc) is 2.90. The molecular weight excluding hydrogens is 246 g/mol. The van der Waals surface area contributed by atoms with Crippen molar-refractivity contribution in [3.63, 3.8) is 0 Å². The van der Waals surface area contributed by atoms with E-state index in [1.165, 1.54) is 4.88 Å². The molecule has 1 aromatic carbocycles. The van der Waals surface area contributed by atoms with E-state index in [0.717, 1.165) is 12.1 Å². The summed E-state index contributed by atoms with van der Waals surface area (Å²) >= 11 is 1.73. The molecule has 0 unspecified atom stereocenters. The number of hydrogen-bond acceptors (Lipinski definition) is 3. The Morgan fingerprint density at radius 3 is 2.61 bits per heavy atom. The molecule has 0 bridgehead atoms. The molecule has 0 amide bonds. The second kappa shape index (κ2) is 5.80. The molecule has 0 aliphatic heterocycles. The molecule has 3 nitrogen and oxygen atoms in total. The number of benzene rings is 1. The SMILES string of the molecule is C[C@H](NCc1ccc(C(=O)O)cc1)c1cccs1. The Bertz CT molecular complexity index is 505. The molecular formula is C14H15NO2S. The molecule has 1 aromatic heterocycles. The molecule has 0 spiro atoms. The number of carboxylic acid groups (broad SMARTS) is 1. The summed E-state index contributed by atoms with van der Waals surface area (Å²) in [7, 11) is 0. The van der Waals surface area contributed by atoms with Crippen LogP contribution in [0, 0.1) is 0 Å². The number of thiophene rings is 1. The summed E-state index contributed by atoms with van der Waals surface area (Å²) in [5, 5.41) is 14.3. The monoisotopic (exact) mass is 261 g/mol. The molecule has 0 saturated heterocycles. The van der Waals surface area contributed by atoms with Crippen LogP contribution in [0.2, 0.25) is 0 Å². The minimum Gasteiger partial charge on any atom is -0.478 e. The summed E-state index contributed by atoms with van der Waals surface area (Å²) in [6.07, 6.45) is 0. The van der Waals surface area contributed by atoms with Gasteiger partial charge in [0.1, 0.15) is 0 Å². The second-order valence-corrected chi connectivity index (χ2v) is 5.10. The highest BCUT2D eigenvalue weighted by Gasteiger charge is 2.06. The summed E-state index contributed by atoms with van der Waals surface area (Å²) in [4.78, 5) is 12.0. The Labute approximate surface area is 110 Å². The molecule has 0 radical (unpaired) electrons. The Morgan fingerprint density at radius 2 is 2.06 bits per heavy atom. The molecule has 18 heavy (non-hydrogen) atoms. The largest absolute Gasteiger partial charge is 0.478 e. The van der Waals surface area contributed by atoms with Gasteiger partial charge in [0.15, 0.2) is 0 Å². The highest BCUT2D eigenvalue weighted by molar-refractivity contribution is 7.10. The maximum Gasteiger partial charge on any atom is 0.335 e. The maximum atomic E-state index is 10.7. The molecule has 4 heteroatoms. The lowest BCUT2D eigenvalue weighted by Crippen LogP contribution is -2.17. The van der Waals surface area contributed by atoms with Gasteiger partial charge in [-0.1, -0.05) is 18.2 Å². The normalized spacial score (nSPS) is 12.3. The van der Waals surface area contributed by atoms with Crippen LogP contribution in [0.4, 0.5) is 0 Å². The van der Waals surface area contributed by atoms with E-state index in [-0.39, 0.29) is 0 Å². The van der Waals surface area contributed by atoms with Crippen molar-refractivity contribution in [3.8, 4) is 0 Å². The third kappa shape index (κ3) is 3.18. The Morgan fingerprint density at radius 1 is 1.33 bits per heavy atom. The quantitative estimate of drug-likeness (QED) is 0.868. The van der Waals surface area contributed by atoms with Crippen LogP contribution in [0.5, 0.6) is 0 Å². The van der Waals surface area contributed by atoms with Crippen molar-refractivity contribution in [3.05, 3.63) is 57.8 Å².